The summed E-state index contributed by atoms with van der Waals surface area (Å²) in [6.07, 6.45) is 9.28. The molecule has 0 bridgehead atoms. The Hall–Kier alpha value is -2.21. The van der Waals surface area contributed by atoms with Crippen LogP contribution < -0.4 is 14.8 Å². The Labute approximate surface area is 158 Å². The number of fused-ring (bicyclic) bond motifs is 1. The first kappa shape index (κ1) is 17.2. The van der Waals surface area contributed by atoms with Crippen molar-refractivity contribution >= 4 is 23.7 Å². The molecule has 1 aromatic heterocycles. The first-order valence-corrected chi connectivity index (χ1v) is 10.2. The normalized spacial score (nSPS) is 15.5. The van der Waals surface area contributed by atoms with E-state index in [1.807, 2.05) is 18.4 Å². The second kappa shape index (κ2) is 7.19. The van der Waals surface area contributed by atoms with E-state index >= 15 is 0 Å². The van der Waals surface area contributed by atoms with Crippen LogP contribution in [0.5, 0.6) is 5.88 Å². The smallest absolute Gasteiger partial charge is 0.329 e. The molecule has 1 heterocycles. The summed E-state index contributed by atoms with van der Waals surface area (Å²) < 4.78 is 8.11. The summed E-state index contributed by atoms with van der Waals surface area (Å²) >= 11 is 1.30. The minimum absolute atomic E-state index is 0.179. The minimum Gasteiger partial charge on any atom is -0.481 e. The Morgan fingerprint density at radius 3 is 2.88 bits per heavy atom. The molecule has 2 N–H and O–H groups in total. The van der Waals surface area contributed by atoms with Crippen molar-refractivity contribution in [2.24, 2.45) is 0 Å². The third-order valence-electron chi connectivity index (χ3n) is 5.11. The van der Waals surface area contributed by atoms with Gasteiger partial charge in [-0.1, -0.05) is 18.0 Å². The quantitative estimate of drug-likeness (QED) is 0.761. The third-order valence-corrected chi connectivity index (χ3v) is 5.50. The molecule has 0 radical (unpaired) electrons. The number of nitrogens with zero attached hydrogens (tertiary/aromatic N) is 1. The molecule has 0 unspecified atom stereocenters. The molecule has 6 heteroatoms. The van der Waals surface area contributed by atoms with Gasteiger partial charge >= 0.3 is 6.03 Å². The van der Waals surface area contributed by atoms with Gasteiger partial charge in [-0.05, 0) is 66.3 Å². The Balaban J connectivity index is 1.90. The maximum Gasteiger partial charge on any atom is 0.329 e. The number of hydrogen-bond donors (Lipinski definition) is 2. The van der Waals surface area contributed by atoms with E-state index in [1.165, 1.54) is 41.5 Å². The van der Waals surface area contributed by atoms with Crippen LogP contribution in [-0.4, -0.2) is 24.4 Å². The summed E-state index contributed by atoms with van der Waals surface area (Å²) in [4.78, 5) is 16.6. The predicted octanol–water partition coefficient (Wildman–Crippen LogP) is 4.52. The monoisotopic (exact) mass is 369 g/mol. The Kier molecular flexibility index (Phi) is 4.76. The zero-order valence-electron chi connectivity index (χ0n) is 15.1. The van der Waals surface area contributed by atoms with Gasteiger partial charge in [0.1, 0.15) is 0 Å². The minimum atomic E-state index is -0.179. The molecule has 2 aliphatic carbocycles. The van der Waals surface area contributed by atoms with Gasteiger partial charge in [-0.2, -0.15) is 0 Å². The van der Waals surface area contributed by atoms with E-state index in [4.69, 9.17) is 4.74 Å². The number of pyridine rings is 1. The van der Waals surface area contributed by atoms with Gasteiger partial charge in [-0.25, -0.2) is 9.78 Å². The van der Waals surface area contributed by atoms with Crippen molar-refractivity contribution in [3.63, 3.8) is 0 Å². The number of nitrogens with one attached hydrogen (secondary N) is 2. The summed E-state index contributed by atoms with van der Waals surface area (Å²) in [5.74, 6) is 1.17. The van der Waals surface area contributed by atoms with Crippen molar-refractivity contribution in [3.8, 4) is 17.0 Å². The molecule has 0 spiro atoms. The lowest BCUT2D eigenvalue weighted by Gasteiger charge is -2.20. The summed E-state index contributed by atoms with van der Waals surface area (Å²) in [6, 6.07) is 6.16. The number of carbonyl (C=O) groups is 1. The molecule has 1 saturated carbocycles. The van der Waals surface area contributed by atoms with Gasteiger partial charge in [0.15, 0.2) is 0 Å². The second-order valence-electron chi connectivity index (χ2n) is 6.83. The SMILES string of the molecule is COc1cc(-c2c(C3CC3)cc3c(c2NC(=O)NSC)CCC3)ccn1. The fourth-order valence-electron chi connectivity index (χ4n) is 3.84. The van der Waals surface area contributed by atoms with Crippen LogP contribution >= 0.6 is 11.9 Å². The number of hydrogen-bond acceptors (Lipinski definition) is 4. The summed E-state index contributed by atoms with van der Waals surface area (Å²) in [7, 11) is 1.63. The molecule has 0 saturated heterocycles. The molecule has 1 aromatic carbocycles. The molecule has 0 aliphatic heterocycles. The molecule has 1 fully saturated rings. The van der Waals surface area contributed by atoms with Crippen LogP contribution in [0.2, 0.25) is 0 Å². The highest BCUT2D eigenvalue weighted by atomic mass is 32.2. The van der Waals surface area contributed by atoms with Gasteiger partial charge in [-0.15, -0.1) is 0 Å². The highest BCUT2D eigenvalue weighted by Gasteiger charge is 2.31. The zero-order valence-corrected chi connectivity index (χ0v) is 15.9. The van der Waals surface area contributed by atoms with E-state index in [-0.39, 0.29) is 6.03 Å². The van der Waals surface area contributed by atoms with Crippen molar-refractivity contribution in [1.82, 2.24) is 9.71 Å². The van der Waals surface area contributed by atoms with Crippen LogP contribution in [0.4, 0.5) is 10.5 Å². The average Bonchev–Trinajstić information content (AvgIpc) is 3.39. The number of methoxy groups -OCH3 is 1. The van der Waals surface area contributed by atoms with Crippen molar-refractivity contribution in [1.29, 1.82) is 0 Å². The predicted molar refractivity (Wildman–Crippen MR) is 106 cm³/mol. The molecule has 2 amide bonds. The van der Waals surface area contributed by atoms with E-state index in [0.29, 0.717) is 11.8 Å². The first-order valence-electron chi connectivity index (χ1n) is 9.00. The van der Waals surface area contributed by atoms with E-state index in [1.54, 1.807) is 13.3 Å². The summed E-state index contributed by atoms with van der Waals surface area (Å²) in [5, 5.41) is 3.14. The largest absolute Gasteiger partial charge is 0.481 e. The molecule has 136 valence electrons. The maximum atomic E-state index is 12.3. The standard InChI is InChI=1S/C20H23N3O2S/c1-25-17-11-14(8-9-21-17)18-16(12-6-7-12)10-13-4-3-5-15(13)19(18)22-20(24)23-26-2/h8-12H,3-7H2,1-2H3,(H2,22,23,24). The van der Waals surface area contributed by atoms with Gasteiger partial charge in [0.2, 0.25) is 5.88 Å². The Morgan fingerprint density at radius 1 is 1.31 bits per heavy atom. The zero-order chi connectivity index (χ0) is 18.1. The van der Waals surface area contributed by atoms with Crippen molar-refractivity contribution in [3.05, 3.63) is 41.1 Å². The lowest BCUT2D eigenvalue weighted by Crippen LogP contribution is -2.23. The number of carbonyl (C=O) groups excluding carboxylic acids is 1. The number of ether oxygens (including phenoxy) is 1. The lowest BCUT2D eigenvalue weighted by atomic mass is 9.90. The lowest BCUT2D eigenvalue weighted by molar-refractivity contribution is 0.257. The molecule has 26 heavy (non-hydrogen) atoms. The average molecular weight is 369 g/mol. The van der Waals surface area contributed by atoms with Gasteiger partial charge in [-0.3, -0.25) is 4.72 Å². The van der Waals surface area contributed by atoms with Crippen molar-refractivity contribution in [2.75, 3.05) is 18.7 Å². The summed E-state index contributed by atoms with van der Waals surface area (Å²) in [6.45, 7) is 0. The maximum absolute atomic E-state index is 12.3. The first-order chi connectivity index (χ1) is 12.7. The Bertz CT molecular complexity index is 849. The van der Waals surface area contributed by atoms with E-state index < -0.39 is 0 Å². The van der Waals surface area contributed by atoms with Crippen LogP contribution in [0, 0.1) is 0 Å². The van der Waals surface area contributed by atoms with Crippen LogP contribution in [0.25, 0.3) is 11.1 Å². The van der Waals surface area contributed by atoms with Crippen LogP contribution in [0.1, 0.15) is 41.9 Å². The molecular formula is C20H23N3O2S. The van der Waals surface area contributed by atoms with Crippen LogP contribution in [0.15, 0.2) is 24.4 Å². The van der Waals surface area contributed by atoms with E-state index in [2.05, 4.69) is 21.1 Å². The molecular weight excluding hydrogens is 346 g/mol. The molecule has 2 aliphatic rings. The summed E-state index contributed by atoms with van der Waals surface area (Å²) in [5.41, 5.74) is 7.14. The number of amides is 2. The second-order valence-corrected chi connectivity index (χ2v) is 7.44. The number of benzene rings is 1. The van der Waals surface area contributed by atoms with Gasteiger partial charge < -0.3 is 10.1 Å². The van der Waals surface area contributed by atoms with E-state index in [0.717, 1.165) is 36.1 Å². The van der Waals surface area contributed by atoms with Crippen molar-refractivity contribution < 1.29 is 9.53 Å². The van der Waals surface area contributed by atoms with Gasteiger partial charge in [0.25, 0.3) is 0 Å². The Morgan fingerprint density at radius 2 is 2.15 bits per heavy atom. The van der Waals surface area contributed by atoms with Gasteiger partial charge in [0.05, 0.1) is 12.8 Å². The number of urea groups is 1. The third kappa shape index (κ3) is 3.26. The molecule has 4 rings (SSSR count). The molecule has 5 nitrogen and oxygen atoms in total. The van der Waals surface area contributed by atoms with Crippen molar-refractivity contribution in [2.45, 2.75) is 38.0 Å². The number of anilines is 1. The number of aromatic nitrogens is 1. The highest BCUT2D eigenvalue weighted by molar-refractivity contribution is 7.97. The van der Waals surface area contributed by atoms with E-state index in [9.17, 15) is 4.79 Å². The molecule has 2 aromatic rings. The van der Waals surface area contributed by atoms with Gasteiger partial charge in [0, 0.05) is 24.1 Å². The number of rotatable bonds is 5. The highest BCUT2D eigenvalue weighted by Crippen LogP contribution is 2.50. The fraction of sp³-hybridized carbons (Fsp3) is 0.400. The number of aryl methyl sites for hydroxylation is 1. The van der Waals surface area contributed by atoms with Crippen LogP contribution in [-0.2, 0) is 12.8 Å². The topological polar surface area (TPSA) is 63.2 Å². The van der Waals surface area contributed by atoms with Crippen LogP contribution in [0.3, 0.4) is 0 Å². The molecule has 0 atom stereocenters. The fourth-order valence-corrected chi connectivity index (χ4v) is 4.08.